The Morgan fingerprint density at radius 1 is 1.03 bits per heavy atom. The SMILES string of the molecule is COCc1nnn2c1Cc1c(C#Cc3ccc(OC)nc3)ncn1-c1ccc(C)cc1-2. The first kappa shape index (κ1) is 19.0. The third-order valence-electron chi connectivity index (χ3n) is 5.22. The number of aryl methyl sites for hydroxylation is 1. The summed E-state index contributed by atoms with van der Waals surface area (Å²) in [7, 11) is 3.25. The molecule has 0 saturated carbocycles. The highest BCUT2D eigenvalue weighted by Crippen LogP contribution is 2.30. The Labute approximate surface area is 179 Å². The van der Waals surface area contributed by atoms with Crippen molar-refractivity contribution in [3.63, 3.8) is 0 Å². The topological polar surface area (TPSA) is 79.9 Å². The highest BCUT2D eigenvalue weighted by atomic mass is 16.5. The third kappa shape index (κ3) is 3.35. The van der Waals surface area contributed by atoms with E-state index >= 15 is 0 Å². The molecule has 0 spiro atoms. The van der Waals surface area contributed by atoms with E-state index < -0.39 is 0 Å². The van der Waals surface area contributed by atoms with Gasteiger partial charge in [-0.25, -0.2) is 14.6 Å². The van der Waals surface area contributed by atoms with Gasteiger partial charge in [0.25, 0.3) is 0 Å². The molecule has 0 amide bonds. The molecule has 4 aromatic rings. The van der Waals surface area contributed by atoms with Crippen molar-refractivity contribution in [2.45, 2.75) is 20.0 Å². The number of nitrogens with zero attached hydrogens (tertiary/aromatic N) is 6. The number of pyridine rings is 1. The Hall–Kier alpha value is -3.96. The van der Waals surface area contributed by atoms with E-state index in [4.69, 9.17) is 9.47 Å². The van der Waals surface area contributed by atoms with Crippen molar-refractivity contribution < 1.29 is 9.47 Å². The molecular weight excluding hydrogens is 392 g/mol. The number of hydrogen-bond donors (Lipinski definition) is 0. The van der Waals surface area contributed by atoms with Crippen LogP contribution in [-0.2, 0) is 17.8 Å². The maximum atomic E-state index is 5.35. The molecule has 5 rings (SSSR count). The lowest BCUT2D eigenvalue weighted by Gasteiger charge is -2.10. The maximum Gasteiger partial charge on any atom is 0.212 e. The number of imidazole rings is 1. The predicted octanol–water partition coefficient (Wildman–Crippen LogP) is 2.62. The molecule has 0 radical (unpaired) electrons. The Bertz CT molecular complexity index is 1320. The van der Waals surface area contributed by atoms with Gasteiger partial charge in [0, 0.05) is 31.4 Å². The summed E-state index contributed by atoms with van der Waals surface area (Å²) in [5.41, 5.74) is 7.35. The Morgan fingerprint density at radius 3 is 2.71 bits per heavy atom. The molecule has 4 heterocycles. The molecule has 0 bridgehead atoms. The van der Waals surface area contributed by atoms with Crippen LogP contribution in [-0.4, -0.2) is 43.7 Å². The maximum absolute atomic E-state index is 5.35. The quantitative estimate of drug-likeness (QED) is 0.424. The summed E-state index contributed by atoms with van der Waals surface area (Å²) in [6.07, 6.45) is 4.09. The summed E-state index contributed by atoms with van der Waals surface area (Å²) >= 11 is 0. The molecule has 0 unspecified atom stereocenters. The van der Waals surface area contributed by atoms with E-state index in [1.54, 1.807) is 26.5 Å². The number of methoxy groups -OCH3 is 2. The number of rotatable bonds is 3. The van der Waals surface area contributed by atoms with Gasteiger partial charge >= 0.3 is 0 Å². The normalized spacial score (nSPS) is 11.6. The first-order chi connectivity index (χ1) is 15.2. The summed E-state index contributed by atoms with van der Waals surface area (Å²) in [6, 6.07) is 9.93. The standard InChI is InChI=1S/C23H20N6O2/c1-15-4-8-19-22(10-15)29-21(18(13-30-2)26-27-29)11-20-17(25-14-28(19)20)7-5-16-6-9-23(31-3)24-12-16/h4,6,8-10,12,14H,11,13H2,1-3H3. The first-order valence-electron chi connectivity index (χ1n) is 9.80. The molecule has 0 N–H and O–H groups in total. The summed E-state index contributed by atoms with van der Waals surface area (Å²) in [5.74, 6) is 6.92. The second-order valence-corrected chi connectivity index (χ2v) is 7.25. The molecule has 0 aliphatic carbocycles. The van der Waals surface area contributed by atoms with Crippen molar-refractivity contribution in [3.8, 4) is 29.1 Å². The minimum Gasteiger partial charge on any atom is -0.481 e. The van der Waals surface area contributed by atoms with E-state index in [9.17, 15) is 0 Å². The first-order valence-corrected chi connectivity index (χ1v) is 9.80. The lowest BCUT2D eigenvalue weighted by molar-refractivity contribution is 0.180. The molecule has 8 nitrogen and oxygen atoms in total. The minimum atomic E-state index is 0.392. The Balaban J connectivity index is 1.64. The second-order valence-electron chi connectivity index (χ2n) is 7.25. The predicted molar refractivity (Wildman–Crippen MR) is 114 cm³/mol. The summed E-state index contributed by atoms with van der Waals surface area (Å²) in [6.45, 7) is 2.45. The monoisotopic (exact) mass is 412 g/mol. The van der Waals surface area contributed by atoms with E-state index in [1.807, 2.05) is 17.1 Å². The van der Waals surface area contributed by atoms with Gasteiger partial charge in [-0.15, -0.1) is 5.10 Å². The van der Waals surface area contributed by atoms with Crippen molar-refractivity contribution in [1.29, 1.82) is 0 Å². The van der Waals surface area contributed by atoms with E-state index in [0.29, 0.717) is 24.6 Å². The van der Waals surface area contributed by atoms with Crippen LogP contribution in [0.25, 0.3) is 11.4 Å². The van der Waals surface area contributed by atoms with Crippen LogP contribution in [0.1, 0.15) is 33.9 Å². The van der Waals surface area contributed by atoms with Crippen molar-refractivity contribution in [3.05, 3.63) is 76.8 Å². The molecule has 1 aliphatic rings. The van der Waals surface area contributed by atoms with Gasteiger partial charge < -0.3 is 9.47 Å². The van der Waals surface area contributed by atoms with Gasteiger partial charge in [0.1, 0.15) is 17.7 Å². The molecular formula is C23H20N6O2. The minimum absolute atomic E-state index is 0.392. The van der Waals surface area contributed by atoms with Gasteiger partial charge in [-0.2, -0.15) is 0 Å². The van der Waals surface area contributed by atoms with Crippen LogP contribution in [0, 0.1) is 18.8 Å². The van der Waals surface area contributed by atoms with Gasteiger partial charge in [0.2, 0.25) is 5.88 Å². The average Bonchev–Trinajstić information content (AvgIpc) is 3.34. The van der Waals surface area contributed by atoms with Gasteiger partial charge in [-0.3, -0.25) is 4.57 Å². The fourth-order valence-electron chi connectivity index (χ4n) is 3.68. The van der Waals surface area contributed by atoms with Crippen molar-refractivity contribution >= 4 is 0 Å². The van der Waals surface area contributed by atoms with Gasteiger partial charge in [-0.05, 0) is 36.6 Å². The molecule has 8 heteroatoms. The van der Waals surface area contributed by atoms with Gasteiger partial charge in [0.15, 0.2) is 0 Å². The fourth-order valence-corrected chi connectivity index (χ4v) is 3.68. The molecule has 1 aliphatic heterocycles. The lowest BCUT2D eigenvalue weighted by Crippen LogP contribution is -2.04. The van der Waals surface area contributed by atoms with Crippen LogP contribution >= 0.6 is 0 Å². The molecule has 3 aromatic heterocycles. The van der Waals surface area contributed by atoms with E-state index in [2.05, 4.69) is 61.8 Å². The van der Waals surface area contributed by atoms with E-state index in [-0.39, 0.29) is 0 Å². The lowest BCUT2D eigenvalue weighted by atomic mass is 10.1. The Morgan fingerprint density at radius 2 is 1.94 bits per heavy atom. The van der Waals surface area contributed by atoms with Crippen LogP contribution in [0.4, 0.5) is 0 Å². The molecule has 0 saturated heterocycles. The van der Waals surface area contributed by atoms with E-state index in [0.717, 1.165) is 39.6 Å². The number of hydrogen-bond acceptors (Lipinski definition) is 6. The van der Waals surface area contributed by atoms with Crippen LogP contribution in [0.2, 0.25) is 0 Å². The third-order valence-corrected chi connectivity index (χ3v) is 5.22. The molecule has 31 heavy (non-hydrogen) atoms. The van der Waals surface area contributed by atoms with Crippen molar-refractivity contribution in [1.82, 2.24) is 29.5 Å². The second kappa shape index (κ2) is 7.70. The highest BCUT2D eigenvalue weighted by Gasteiger charge is 2.25. The van der Waals surface area contributed by atoms with Crippen LogP contribution in [0.15, 0.2) is 42.9 Å². The van der Waals surface area contributed by atoms with Crippen LogP contribution in [0.3, 0.4) is 0 Å². The zero-order valence-corrected chi connectivity index (χ0v) is 17.5. The number of fused-ring (bicyclic) bond motifs is 5. The smallest absolute Gasteiger partial charge is 0.212 e. The Kier molecular flexibility index (Phi) is 4.73. The number of aromatic nitrogens is 6. The van der Waals surface area contributed by atoms with Crippen LogP contribution in [0.5, 0.6) is 5.88 Å². The van der Waals surface area contributed by atoms with E-state index in [1.165, 1.54) is 0 Å². The molecule has 154 valence electrons. The number of benzene rings is 1. The molecule has 0 atom stereocenters. The summed E-state index contributed by atoms with van der Waals surface area (Å²) in [4.78, 5) is 8.81. The molecule has 1 aromatic carbocycles. The van der Waals surface area contributed by atoms with Crippen molar-refractivity contribution in [2.75, 3.05) is 14.2 Å². The zero-order valence-electron chi connectivity index (χ0n) is 17.5. The molecule has 0 fully saturated rings. The van der Waals surface area contributed by atoms with Gasteiger partial charge in [-0.1, -0.05) is 17.2 Å². The van der Waals surface area contributed by atoms with Crippen LogP contribution < -0.4 is 4.74 Å². The average molecular weight is 412 g/mol. The number of ether oxygens (including phenoxy) is 2. The fraction of sp³-hybridized carbons (Fsp3) is 0.217. The van der Waals surface area contributed by atoms with Gasteiger partial charge in [0.05, 0.1) is 36.5 Å². The van der Waals surface area contributed by atoms with Crippen molar-refractivity contribution in [2.24, 2.45) is 0 Å². The largest absolute Gasteiger partial charge is 0.481 e. The summed E-state index contributed by atoms with van der Waals surface area (Å²) < 4.78 is 14.4. The highest BCUT2D eigenvalue weighted by molar-refractivity contribution is 5.58. The summed E-state index contributed by atoms with van der Waals surface area (Å²) in [5, 5.41) is 8.77. The zero-order chi connectivity index (χ0) is 21.4.